The highest BCUT2D eigenvalue weighted by Crippen LogP contribution is 2.35. The summed E-state index contributed by atoms with van der Waals surface area (Å²) >= 11 is 3.31. The van der Waals surface area contributed by atoms with Crippen LogP contribution in [0, 0.1) is 33.9 Å². The highest BCUT2D eigenvalue weighted by molar-refractivity contribution is 9.10. The van der Waals surface area contributed by atoms with E-state index in [1.807, 2.05) is 12.1 Å². The summed E-state index contributed by atoms with van der Waals surface area (Å²) in [4.78, 5) is 12.3. The SMILES string of the molecule is CC(C#N)(C#N)CC[C@](C)(NC(=O)OC(C)(C)C)c1cc(Br)ccc1F. The van der Waals surface area contributed by atoms with Gasteiger partial charge in [-0.05, 0) is 65.7 Å². The van der Waals surface area contributed by atoms with Crippen molar-refractivity contribution in [2.24, 2.45) is 5.41 Å². The van der Waals surface area contributed by atoms with Gasteiger partial charge < -0.3 is 10.1 Å². The lowest BCUT2D eigenvalue weighted by molar-refractivity contribution is 0.0449. The molecule has 7 heteroatoms. The maximum atomic E-state index is 14.5. The standard InChI is InChI=1S/C19H23BrFN3O2/c1-17(2,3)26-16(25)24-19(5,9-8-18(4,11-22)12-23)14-10-13(20)6-7-15(14)21/h6-7,10H,8-9H2,1-5H3,(H,24,25)/t19-/m0/s1. The molecular formula is C19H23BrFN3O2. The van der Waals surface area contributed by atoms with E-state index in [1.165, 1.54) is 13.0 Å². The molecule has 0 radical (unpaired) electrons. The smallest absolute Gasteiger partial charge is 0.408 e. The molecule has 1 atom stereocenters. The van der Waals surface area contributed by atoms with Crippen LogP contribution >= 0.6 is 15.9 Å². The number of halogens is 2. The third kappa shape index (κ3) is 6.00. The first-order chi connectivity index (χ1) is 11.8. The van der Waals surface area contributed by atoms with Gasteiger partial charge in [0.2, 0.25) is 0 Å². The van der Waals surface area contributed by atoms with Crippen LogP contribution in [0.2, 0.25) is 0 Å². The Labute approximate surface area is 162 Å². The number of rotatable bonds is 5. The van der Waals surface area contributed by atoms with Crippen LogP contribution in [0.25, 0.3) is 0 Å². The van der Waals surface area contributed by atoms with Crippen LogP contribution in [-0.4, -0.2) is 11.7 Å². The van der Waals surface area contributed by atoms with Crippen LogP contribution in [0.3, 0.4) is 0 Å². The number of nitrogens with zero attached hydrogens (tertiary/aromatic N) is 2. The number of hydrogen-bond acceptors (Lipinski definition) is 4. The van der Waals surface area contributed by atoms with E-state index in [0.717, 1.165) is 0 Å². The van der Waals surface area contributed by atoms with Crippen molar-refractivity contribution < 1.29 is 13.9 Å². The van der Waals surface area contributed by atoms with Gasteiger partial charge in [0, 0.05) is 10.0 Å². The fourth-order valence-electron chi connectivity index (χ4n) is 2.35. The largest absolute Gasteiger partial charge is 0.444 e. The molecule has 0 aliphatic heterocycles. The summed E-state index contributed by atoms with van der Waals surface area (Å²) in [6, 6.07) is 8.35. The molecule has 1 amide bonds. The van der Waals surface area contributed by atoms with Gasteiger partial charge in [-0.25, -0.2) is 9.18 Å². The number of benzene rings is 1. The van der Waals surface area contributed by atoms with E-state index in [0.29, 0.717) is 4.47 Å². The summed E-state index contributed by atoms with van der Waals surface area (Å²) in [6.07, 6.45) is -0.370. The average molecular weight is 424 g/mol. The van der Waals surface area contributed by atoms with E-state index in [-0.39, 0.29) is 18.4 Å². The first kappa shape index (κ1) is 21.9. The first-order valence-corrected chi connectivity index (χ1v) is 8.93. The molecule has 1 aromatic rings. The zero-order chi connectivity index (χ0) is 20.2. The van der Waals surface area contributed by atoms with E-state index in [1.54, 1.807) is 39.8 Å². The Morgan fingerprint density at radius 1 is 1.19 bits per heavy atom. The molecule has 0 saturated heterocycles. The van der Waals surface area contributed by atoms with Crippen molar-refractivity contribution in [1.29, 1.82) is 10.5 Å². The number of nitriles is 2. The van der Waals surface area contributed by atoms with E-state index >= 15 is 0 Å². The lowest BCUT2D eigenvalue weighted by atomic mass is 9.79. The molecule has 140 valence electrons. The van der Waals surface area contributed by atoms with Gasteiger partial charge in [0.15, 0.2) is 0 Å². The van der Waals surface area contributed by atoms with Crippen molar-refractivity contribution >= 4 is 22.0 Å². The minimum absolute atomic E-state index is 0.151. The van der Waals surface area contributed by atoms with Crippen molar-refractivity contribution in [3.05, 3.63) is 34.1 Å². The fourth-order valence-corrected chi connectivity index (χ4v) is 2.71. The van der Waals surface area contributed by atoms with Crippen LogP contribution in [-0.2, 0) is 10.3 Å². The Morgan fingerprint density at radius 2 is 1.77 bits per heavy atom. The molecule has 0 aliphatic rings. The predicted octanol–water partition coefficient (Wildman–Crippen LogP) is 5.16. The molecular weight excluding hydrogens is 401 g/mol. The van der Waals surface area contributed by atoms with Gasteiger partial charge in [-0.2, -0.15) is 10.5 Å². The normalized spacial score (nSPS) is 13.9. The summed E-state index contributed by atoms with van der Waals surface area (Å²) in [5.74, 6) is -0.498. The predicted molar refractivity (Wildman–Crippen MR) is 99.4 cm³/mol. The van der Waals surface area contributed by atoms with Gasteiger partial charge in [0.05, 0.1) is 17.7 Å². The Kier molecular flexibility index (Phi) is 6.79. The molecule has 26 heavy (non-hydrogen) atoms. The quantitative estimate of drug-likeness (QED) is 0.707. The molecule has 0 unspecified atom stereocenters. The lowest BCUT2D eigenvalue weighted by Gasteiger charge is -2.34. The molecule has 0 fully saturated rings. The molecule has 1 aromatic carbocycles. The van der Waals surface area contributed by atoms with Gasteiger partial charge >= 0.3 is 6.09 Å². The average Bonchev–Trinajstić information content (AvgIpc) is 2.53. The van der Waals surface area contributed by atoms with E-state index < -0.39 is 28.5 Å². The third-order valence-electron chi connectivity index (χ3n) is 3.92. The van der Waals surface area contributed by atoms with Gasteiger partial charge in [-0.1, -0.05) is 15.9 Å². The van der Waals surface area contributed by atoms with Gasteiger partial charge in [-0.3, -0.25) is 0 Å². The summed E-state index contributed by atoms with van der Waals surface area (Å²) < 4.78 is 20.4. The first-order valence-electron chi connectivity index (χ1n) is 8.13. The molecule has 0 aromatic heterocycles. The zero-order valence-electron chi connectivity index (χ0n) is 15.6. The molecule has 1 N–H and O–H groups in total. The van der Waals surface area contributed by atoms with Crippen LogP contribution in [0.5, 0.6) is 0 Å². The van der Waals surface area contributed by atoms with Gasteiger partial charge in [0.1, 0.15) is 16.8 Å². The maximum absolute atomic E-state index is 14.5. The Morgan fingerprint density at radius 3 is 2.27 bits per heavy atom. The van der Waals surface area contributed by atoms with Crippen molar-refractivity contribution in [3.63, 3.8) is 0 Å². The third-order valence-corrected chi connectivity index (χ3v) is 4.41. The number of alkyl carbamates (subject to hydrolysis) is 1. The topological polar surface area (TPSA) is 85.9 Å². The molecule has 0 spiro atoms. The molecule has 0 aliphatic carbocycles. The monoisotopic (exact) mass is 423 g/mol. The van der Waals surface area contributed by atoms with Gasteiger partial charge in [0.25, 0.3) is 0 Å². The number of carbonyl (C=O) groups is 1. The lowest BCUT2D eigenvalue weighted by Crippen LogP contribution is -2.46. The second kappa shape index (κ2) is 8.05. The van der Waals surface area contributed by atoms with E-state index in [9.17, 15) is 19.7 Å². The van der Waals surface area contributed by atoms with E-state index in [2.05, 4.69) is 21.2 Å². The maximum Gasteiger partial charge on any atom is 0.408 e. The van der Waals surface area contributed by atoms with E-state index in [4.69, 9.17) is 4.74 Å². The minimum atomic E-state index is -1.24. The minimum Gasteiger partial charge on any atom is -0.444 e. The van der Waals surface area contributed by atoms with Gasteiger partial charge in [-0.15, -0.1) is 0 Å². The molecule has 1 rings (SSSR count). The van der Waals surface area contributed by atoms with Crippen molar-refractivity contribution in [2.75, 3.05) is 0 Å². The molecule has 5 nitrogen and oxygen atoms in total. The second-order valence-electron chi connectivity index (χ2n) is 7.64. The van der Waals surface area contributed by atoms with Crippen molar-refractivity contribution in [2.45, 2.75) is 58.6 Å². The highest BCUT2D eigenvalue weighted by Gasteiger charge is 2.36. The Balaban J connectivity index is 3.24. The van der Waals surface area contributed by atoms with Crippen LogP contribution in [0.4, 0.5) is 9.18 Å². The molecule has 0 saturated carbocycles. The fraction of sp³-hybridized carbons (Fsp3) is 0.526. The van der Waals surface area contributed by atoms with Crippen molar-refractivity contribution in [1.82, 2.24) is 5.32 Å². The Bertz CT molecular complexity index is 748. The number of ether oxygens (including phenoxy) is 1. The van der Waals surface area contributed by atoms with Crippen molar-refractivity contribution in [3.8, 4) is 12.1 Å². The summed E-state index contributed by atoms with van der Waals surface area (Å²) in [7, 11) is 0. The highest BCUT2D eigenvalue weighted by atomic mass is 79.9. The number of nitrogens with one attached hydrogen (secondary N) is 1. The summed E-state index contributed by atoms with van der Waals surface area (Å²) in [5, 5.41) is 21.2. The van der Waals surface area contributed by atoms with Crippen LogP contribution < -0.4 is 5.32 Å². The van der Waals surface area contributed by atoms with Crippen LogP contribution in [0.1, 0.15) is 53.0 Å². The number of hydrogen-bond donors (Lipinski definition) is 1. The summed E-state index contributed by atoms with van der Waals surface area (Å²) in [6.45, 7) is 8.35. The molecule has 0 bridgehead atoms. The second-order valence-corrected chi connectivity index (χ2v) is 8.55. The Hall–Kier alpha value is -2.12. The number of amides is 1. The summed E-state index contributed by atoms with van der Waals surface area (Å²) in [5.41, 5.74) is -2.87. The zero-order valence-corrected chi connectivity index (χ0v) is 17.2. The molecule has 0 heterocycles. The van der Waals surface area contributed by atoms with Crippen LogP contribution in [0.15, 0.2) is 22.7 Å². The number of carbonyl (C=O) groups excluding carboxylic acids is 1.